The smallest absolute Gasteiger partial charge is 0.120 e. The molecule has 0 bridgehead atoms. The van der Waals surface area contributed by atoms with Gasteiger partial charge in [-0.2, -0.15) is 0 Å². The van der Waals surface area contributed by atoms with Gasteiger partial charge in [-0.05, 0) is 24.3 Å². The maximum Gasteiger partial charge on any atom is 0.120 e. The summed E-state index contributed by atoms with van der Waals surface area (Å²) < 4.78 is 0. The van der Waals surface area contributed by atoms with Gasteiger partial charge in [0.25, 0.3) is 0 Å². The van der Waals surface area contributed by atoms with Crippen molar-refractivity contribution in [1.29, 1.82) is 0 Å². The fourth-order valence-corrected chi connectivity index (χ4v) is 0.899. The average molecular weight is 169 g/mol. The molecule has 11 heavy (non-hydrogen) atoms. The molecule has 1 aromatic rings. The molecule has 0 saturated heterocycles. The first-order valence-corrected chi connectivity index (χ1v) is 3.76. The largest absolute Gasteiger partial charge is 0.399 e. The van der Waals surface area contributed by atoms with Gasteiger partial charge in [0.15, 0.2) is 0 Å². The van der Waals surface area contributed by atoms with Gasteiger partial charge >= 0.3 is 0 Å². The van der Waals surface area contributed by atoms with Crippen molar-refractivity contribution in [2.75, 3.05) is 11.1 Å². The third kappa shape index (κ3) is 2.69. The lowest BCUT2D eigenvalue weighted by molar-refractivity contribution is 1.07. The molecule has 0 spiro atoms. The van der Waals surface area contributed by atoms with E-state index < -0.39 is 0 Å². The highest BCUT2D eigenvalue weighted by Crippen LogP contribution is 2.10. The third-order valence-corrected chi connectivity index (χ3v) is 1.35. The number of nitrogens with one attached hydrogen (secondary N) is 1. The van der Waals surface area contributed by atoms with Gasteiger partial charge in [-0.25, -0.2) is 0 Å². The van der Waals surface area contributed by atoms with E-state index in [0.29, 0.717) is 0 Å². The Balaban J connectivity index is 2.66. The molecule has 0 fully saturated rings. The van der Waals surface area contributed by atoms with Crippen molar-refractivity contribution in [1.82, 2.24) is 0 Å². The second kappa shape index (κ2) is 3.50. The van der Waals surface area contributed by atoms with Gasteiger partial charge in [0.2, 0.25) is 0 Å². The summed E-state index contributed by atoms with van der Waals surface area (Å²) in [5, 5.41) is 2.92. The number of rotatable bonds is 2. The van der Waals surface area contributed by atoms with Gasteiger partial charge in [-0.15, -0.1) is 12.6 Å². The van der Waals surface area contributed by atoms with Crippen molar-refractivity contribution in [3.63, 3.8) is 0 Å². The first-order valence-electron chi connectivity index (χ1n) is 3.24. The maximum absolute atomic E-state index is 5.48. The molecule has 3 nitrogen and oxygen atoms in total. The van der Waals surface area contributed by atoms with Gasteiger partial charge < -0.3 is 16.8 Å². The van der Waals surface area contributed by atoms with Crippen LogP contribution in [0.2, 0.25) is 0 Å². The van der Waals surface area contributed by atoms with Crippen LogP contribution in [0.25, 0.3) is 0 Å². The maximum atomic E-state index is 5.48. The zero-order chi connectivity index (χ0) is 8.27. The van der Waals surface area contributed by atoms with Crippen molar-refractivity contribution >= 4 is 24.0 Å². The Kier molecular flexibility index (Phi) is 2.62. The number of nitrogen functional groups attached to an aromatic ring is 1. The topological polar surface area (TPSA) is 64.1 Å². The van der Waals surface area contributed by atoms with E-state index >= 15 is 0 Å². The Hall–Kier alpha value is -0.870. The second-order valence-electron chi connectivity index (χ2n) is 2.21. The van der Waals surface area contributed by atoms with Crippen LogP contribution < -0.4 is 16.8 Å². The summed E-state index contributed by atoms with van der Waals surface area (Å²) in [6, 6.07) is 7.31. The first-order chi connectivity index (χ1) is 5.18. The summed E-state index contributed by atoms with van der Waals surface area (Å²) >= 11 is 3.97. The van der Waals surface area contributed by atoms with Crippen LogP contribution in [0.1, 0.15) is 0 Å². The van der Waals surface area contributed by atoms with Gasteiger partial charge in [-0.1, -0.05) is 0 Å². The van der Waals surface area contributed by atoms with Crippen LogP contribution in [0.15, 0.2) is 24.3 Å². The van der Waals surface area contributed by atoms with Crippen LogP contribution in [0.4, 0.5) is 11.4 Å². The Labute approximate surface area is 71.2 Å². The van der Waals surface area contributed by atoms with Crippen LogP contribution >= 0.6 is 12.6 Å². The van der Waals surface area contributed by atoms with E-state index in [-0.39, 0.29) is 5.50 Å². The van der Waals surface area contributed by atoms with Gasteiger partial charge in [0.1, 0.15) is 5.50 Å². The molecule has 1 aromatic carbocycles. The number of hydrogen-bond donors (Lipinski definition) is 4. The highest BCUT2D eigenvalue weighted by Gasteiger charge is 1.93. The predicted octanol–water partition coefficient (Wildman–Crippen LogP) is 0.853. The zero-order valence-corrected chi connectivity index (χ0v) is 6.88. The van der Waals surface area contributed by atoms with E-state index in [0.717, 1.165) is 11.4 Å². The fraction of sp³-hybridized carbons (Fsp3) is 0.143. The van der Waals surface area contributed by atoms with E-state index in [4.69, 9.17) is 11.5 Å². The summed E-state index contributed by atoms with van der Waals surface area (Å²) in [6.45, 7) is 0. The molecule has 0 radical (unpaired) electrons. The van der Waals surface area contributed by atoms with Crippen LogP contribution in [-0.4, -0.2) is 5.50 Å². The molecule has 0 aromatic heterocycles. The molecule has 0 amide bonds. The molecule has 1 rings (SSSR count). The van der Waals surface area contributed by atoms with Crippen LogP contribution in [0, 0.1) is 0 Å². The minimum absolute atomic E-state index is 0.335. The number of thiol groups is 1. The second-order valence-corrected chi connectivity index (χ2v) is 2.77. The molecule has 60 valence electrons. The van der Waals surface area contributed by atoms with Crippen LogP contribution in [0.3, 0.4) is 0 Å². The molecule has 0 aliphatic carbocycles. The highest BCUT2D eigenvalue weighted by molar-refractivity contribution is 7.81. The highest BCUT2D eigenvalue weighted by atomic mass is 32.1. The quantitative estimate of drug-likeness (QED) is 0.301. The summed E-state index contributed by atoms with van der Waals surface area (Å²) in [5.41, 5.74) is 12.2. The Bertz CT molecular complexity index is 220. The average Bonchev–Trinajstić information content (AvgIpc) is 1.93. The number of hydrogen-bond acceptors (Lipinski definition) is 4. The zero-order valence-electron chi connectivity index (χ0n) is 5.99. The number of anilines is 2. The number of nitrogens with two attached hydrogens (primary N) is 2. The summed E-state index contributed by atoms with van der Waals surface area (Å²) in [7, 11) is 0. The Morgan fingerprint density at radius 3 is 2.27 bits per heavy atom. The molecule has 0 aliphatic heterocycles. The molecular weight excluding hydrogens is 158 g/mol. The predicted molar refractivity (Wildman–Crippen MR) is 51.4 cm³/mol. The lowest BCUT2D eigenvalue weighted by atomic mass is 10.3. The molecule has 1 atom stereocenters. The molecule has 0 aliphatic rings. The lowest BCUT2D eigenvalue weighted by Crippen LogP contribution is -2.22. The van der Waals surface area contributed by atoms with E-state index in [1.807, 2.05) is 12.1 Å². The number of benzene rings is 1. The standard InChI is InChI=1S/C7H11N3S/c8-5-1-3-6(4-2-5)10-7(9)11/h1-4,7,10-11H,8-9H2. The van der Waals surface area contributed by atoms with Crippen molar-refractivity contribution in [3.8, 4) is 0 Å². The van der Waals surface area contributed by atoms with Crippen LogP contribution in [0.5, 0.6) is 0 Å². The summed E-state index contributed by atoms with van der Waals surface area (Å²) in [6.07, 6.45) is 0. The van der Waals surface area contributed by atoms with Gasteiger partial charge in [0, 0.05) is 11.4 Å². The van der Waals surface area contributed by atoms with E-state index in [1.54, 1.807) is 12.1 Å². The van der Waals surface area contributed by atoms with Crippen molar-refractivity contribution in [2.24, 2.45) is 5.73 Å². The fourth-order valence-electron chi connectivity index (χ4n) is 0.750. The summed E-state index contributed by atoms with van der Waals surface area (Å²) in [4.78, 5) is 0. The minimum Gasteiger partial charge on any atom is -0.399 e. The lowest BCUT2D eigenvalue weighted by Gasteiger charge is -2.08. The van der Waals surface area contributed by atoms with Gasteiger partial charge in [-0.3, -0.25) is 0 Å². The van der Waals surface area contributed by atoms with Gasteiger partial charge in [0.05, 0.1) is 0 Å². The molecule has 0 saturated carbocycles. The Morgan fingerprint density at radius 2 is 1.82 bits per heavy atom. The molecule has 1 unspecified atom stereocenters. The molecule has 5 N–H and O–H groups in total. The Morgan fingerprint density at radius 1 is 1.27 bits per heavy atom. The van der Waals surface area contributed by atoms with E-state index in [1.165, 1.54) is 0 Å². The monoisotopic (exact) mass is 169 g/mol. The molecule has 4 heteroatoms. The SMILES string of the molecule is Nc1ccc(NC(N)S)cc1. The first kappa shape index (κ1) is 8.23. The van der Waals surface area contributed by atoms with E-state index in [2.05, 4.69) is 17.9 Å². The normalized spacial score (nSPS) is 12.5. The third-order valence-electron chi connectivity index (χ3n) is 1.23. The van der Waals surface area contributed by atoms with Crippen molar-refractivity contribution in [3.05, 3.63) is 24.3 Å². The minimum atomic E-state index is -0.335. The summed E-state index contributed by atoms with van der Waals surface area (Å²) in [5.74, 6) is 0. The van der Waals surface area contributed by atoms with Crippen molar-refractivity contribution < 1.29 is 0 Å². The molecular formula is C7H11N3S. The van der Waals surface area contributed by atoms with E-state index in [9.17, 15) is 0 Å². The molecule has 0 heterocycles. The van der Waals surface area contributed by atoms with Crippen LogP contribution in [-0.2, 0) is 0 Å². The van der Waals surface area contributed by atoms with Crippen molar-refractivity contribution in [2.45, 2.75) is 5.50 Å².